The lowest BCUT2D eigenvalue weighted by Crippen LogP contribution is -2.49. The van der Waals surface area contributed by atoms with Crippen molar-refractivity contribution in [2.24, 2.45) is 0 Å². The Morgan fingerprint density at radius 1 is 1.23 bits per heavy atom. The molecule has 26 heavy (non-hydrogen) atoms. The molecule has 0 saturated carbocycles. The molecule has 0 atom stereocenters. The van der Waals surface area contributed by atoms with E-state index in [9.17, 15) is 18.0 Å². The summed E-state index contributed by atoms with van der Waals surface area (Å²) >= 11 is 0. The number of likely N-dealkylation sites (N-methyl/N-ethyl adjacent to an activating group) is 1. The molecule has 1 heterocycles. The Morgan fingerprint density at radius 2 is 1.85 bits per heavy atom. The monoisotopic (exact) mass is 372 g/mol. The van der Waals surface area contributed by atoms with E-state index in [0.717, 1.165) is 6.07 Å². The third-order valence-corrected chi connectivity index (χ3v) is 4.61. The first-order valence-corrected chi connectivity index (χ1v) is 8.76. The third-order valence-electron chi connectivity index (χ3n) is 4.61. The van der Waals surface area contributed by atoms with E-state index < -0.39 is 28.8 Å². The highest BCUT2D eigenvalue weighted by Gasteiger charge is 2.39. The molecule has 0 bridgehead atoms. The van der Waals surface area contributed by atoms with Gasteiger partial charge in [-0.2, -0.15) is 13.2 Å². The maximum absolute atomic E-state index is 13.1. The largest absolute Gasteiger partial charge is 0.444 e. The summed E-state index contributed by atoms with van der Waals surface area (Å²) in [7, 11) is 1.63. The average molecular weight is 372 g/mol. The molecule has 4 nitrogen and oxygen atoms in total. The second-order valence-corrected chi connectivity index (χ2v) is 7.95. The van der Waals surface area contributed by atoms with Crippen LogP contribution in [0.5, 0.6) is 0 Å². The van der Waals surface area contributed by atoms with Crippen molar-refractivity contribution in [1.82, 2.24) is 10.2 Å². The Labute approximate surface area is 152 Å². The molecule has 1 N–H and O–H groups in total. The molecular weight excluding hydrogens is 345 g/mol. The van der Waals surface area contributed by atoms with Crippen LogP contribution in [0.4, 0.5) is 18.0 Å². The summed E-state index contributed by atoms with van der Waals surface area (Å²) < 4.78 is 44.8. The Bertz CT molecular complexity index is 632. The van der Waals surface area contributed by atoms with Gasteiger partial charge in [0.05, 0.1) is 5.56 Å². The number of benzene rings is 1. The van der Waals surface area contributed by atoms with Crippen molar-refractivity contribution < 1.29 is 22.7 Å². The van der Waals surface area contributed by atoms with E-state index in [0.29, 0.717) is 38.0 Å². The van der Waals surface area contributed by atoms with Gasteiger partial charge in [0, 0.05) is 19.0 Å². The molecule has 146 valence electrons. The minimum Gasteiger partial charge on any atom is -0.444 e. The first-order chi connectivity index (χ1) is 11.9. The van der Waals surface area contributed by atoms with Crippen LogP contribution in [0.25, 0.3) is 0 Å². The number of piperidine rings is 1. The van der Waals surface area contributed by atoms with Gasteiger partial charge in [-0.1, -0.05) is 18.2 Å². The number of rotatable bonds is 3. The Morgan fingerprint density at radius 3 is 2.38 bits per heavy atom. The number of halogens is 3. The predicted octanol–water partition coefficient (Wildman–Crippen LogP) is 4.19. The first-order valence-electron chi connectivity index (χ1n) is 8.76. The molecule has 0 spiro atoms. The predicted molar refractivity (Wildman–Crippen MR) is 94.1 cm³/mol. The van der Waals surface area contributed by atoms with Gasteiger partial charge in [0.15, 0.2) is 0 Å². The zero-order chi connectivity index (χ0) is 19.6. The van der Waals surface area contributed by atoms with Gasteiger partial charge < -0.3 is 15.0 Å². The van der Waals surface area contributed by atoms with Crippen LogP contribution in [0.1, 0.15) is 44.7 Å². The van der Waals surface area contributed by atoms with Crippen molar-refractivity contribution in [3.8, 4) is 0 Å². The highest BCUT2D eigenvalue weighted by Crippen LogP contribution is 2.38. The number of nitrogens with one attached hydrogen (secondary N) is 1. The SMILES string of the molecule is CN(CC1(c2cccc(C(F)(F)F)c2)CCNCC1)C(=O)OC(C)(C)C. The summed E-state index contributed by atoms with van der Waals surface area (Å²) in [5, 5.41) is 3.24. The van der Waals surface area contributed by atoms with Crippen molar-refractivity contribution in [1.29, 1.82) is 0 Å². The van der Waals surface area contributed by atoms with E-state index >= 15 is 0 Å². The lowest BCUT2D eigenvalue weighted by molar-refractivity contribution is -0.137. The smallest absolute Gasteiger partial charge is 0.416 e. The van der Waals surface area contributed by atoms with Crippen LogP contribution in [0, 0.1) is 0 Å². The van der Waals surface area contributed by atoms with Crippen LogP contribution in [-0.2, 0) is 16.3 Å². The highest BCUT2D eigenvalue weighted by molar-refractivity contribution is 5.68. The molecule has 1 aliphatic rings. The average Bonchev–Trinajstić information content (AvgIpc) is 2.53. The molecule has 2 rings (SSSR count). The van der Waals surface area contributed by atoms with E-state index in [2.05, 4.69) is 5.32 Å². The summed E-state index contributed by atoms with van der Waals surface area (Å²) in [6, 6.07) is 5.46. The fraction of sp³-hybridized carbons (Fsp3) is 0.632. The highest BCUT2D eigenvalue weighted by atomic mass is 19.4. The topological polar surface area (TPSA) is 41.6 Å². The number of ether oxygens (including phenoxy) is 1. The molecule has 1 aromatic carbocycles. The lowest BCUT2D eigenvalue weighted by atomic mass is 9.72. The van der Waals surface area contributed by atoms with Crippen LogP contribution < -0.4 is 5.32 Å². The van der Waals surface area contributed by atoms with Crippen molar-refractivity contribution in [2.45, 2.75) is 50.8 Å². The third kappa shape index (κ3) is 5.13. The molecular formula is C19H27F3N2O2. The van der Waals surface area contributed by atoms with E-state index in [1.165, 1.54) is 17.0 Å². The second kappa shape index (κ2) is 7.47. The van der Waals surface area contributed by atoms with Crippen LogP contribution in [-0.4, -0.2) is 43.3 Å². The van der Waals surface area contributed by atoms with Gasteiger partial charge in [-0.15, -0.1) is 0 Å². The minimum absolute atomic E-state index is 0.310. The molecule has 1 fully saturated rings. The molecule has 0 aliphatic carbocycles. The second-order valence-electron chi connectivity index (χ2n) is 7.95. The van der Waals surface area contributed by atoms with Crippen LogP contribution in [0.3, 0.4) is 0 Å². The summed E-state index contributed by atoms with van der Waals surface area (Å²) in [5.41, 5.74) is -1.20. The number of hydrogen-bond acceptors (Lipinski definition) is 3. The molecule has 1 aromatic rings. The van der Waals surface area contributed by atoms with Gasteiger partial charge in [-0.05, 0) is 58.3 Å². The van der Waals surface area contributed by atoms with Crippen molar-refractivity contribution >= 4 is 6.09 Å². The van der Waals surface area contributed by atoms with Gasteiger partial charge in [0.25, 0.3) is 0 Å². The fourth-order valence-electron chi connectivity index (χ4n) is 3.33. The number of nitrogens with zero attached hydrogens (tertiary/aromatic N) is 1. The van der Waals surface area contributed by atoms with Gasteiger partial charge in [-0.25, -0.2) is 4.79 Å². The van der Waals surface area contributed by atoms with Crippen molar-refractivity contribution in [3.05, 3.63) is 35.4 Å². The van der Waals surface area contributed by atoms with Crippen LogP contribution >= 0.6 is 0 Å². The maximum atomic E-state index is 13.1. The Kier molecular flexibility index (Phi) is 5.90. The number of carbonyl (C=O) groups excluding carboxylic acids is 1. The summed E-state index contributed by atoms with van der Waals surface area (Å²) in [5.74, 6) is 0. The molecule has 0 radical (unpaired) electrons. The number of hydrogen-bond donors (Lipinski definition) is 1. The lowest BCUT2D eigenvalue weighted by Gasteiger charge is -2.41. The van der Waals surface area contributed by atoms with Crippen LogP contribution in [0.2, 0.25) is 0 Å². The first kappa shape index (κ1) is 20.6. The molecule has 1 saturated heterocycles. The molecule has 1 aliphatic heterocycles. The molecule has 7 heteroatoms. The minimum atomic E-state index is -4.39. The Hall–Kier alpha value is -1.76. The van der Waals surface area contributed by atoms with Crippen LogP contribution in [0.15, 0.2) is 24.3 Å². The van der Waals surface area contributed by atoms with Gasteiger partial charge in [0.1, 0.15) is 5.60 Å². The fourth-order valence-corrected chi connectivity index (χ4v) is 3.33. The summed E-state index contributed by atoms with van der Waals surface area (Å²) in [6.07, 6.45) is -3.55. The zero-order valence-corrected chi connectivity index (χ0v) is 15.7. The molecule has 1 amide bonds. The van der Waals surface area contributed by atoms with Crippen molar-refractivity contribution in [2.75, 3.05) is 26.7 Å². The number of carbonyl (C=O) groups is 1. The quantitative estimate of drug-likeness (QED) is 0.865. The molecule has 0 aromatic heterocycles. The Balaban J connectivity index is 2.30. The van der Waals surface area contributed by atoms with E-state index in [1.54, 1.807) is 33.9 Å². The van der Waals surface area contributed by atoms with Gasteiger partial charge in [0.2, 0.25) is 0 Å². The normalized spacial score (nSPS) is 17.7. The standard InChI is InChI=1S/C19H27F3N2O2/c1-17(2,3)26-16(25)24(4)13-18(8-10-23-11-9-18)14-6-5-7-15(12-14)19(20,21)22/h5-7,12,23H,8-11,13H2,1-4H3. The van der Waals surface area contributed by atoms with E-state index in [1.807, 2.05) is 0 Å². The summed E-state index contributed by atoms with van der Waals surface area (Å²) in [6.45, 7) is 7.05. The van der Waals surface area contributed by atoms with E-state index in [-0.39, 0.29) is 0 Å². The number of amides is 1. The maximum Gasteiger partial charge on any atom is 0.416 e. The van der Waals surface area contributed by atoms with Crippen molar-refractivity contribution in [3.63, 3.8) is 0 Å². The number of alkyl halides is 3. The van der Waals surface area contributed by atoms with Gasteiger partial charge >= 0.3 is 12.3 Å². The summed E-state index contributed by atoms with van der Waals surface area (Å²) in [4.78, 5) is 13.8. The van der Waals surface area contributed by atoms with Gasteiger partial charge in [-0.3, -0.25) is 0 Å². The molecule has 0 unspecified atom stereocenters. The van der Waals surface area contributed by atoms with E-state index in [4.69, 9.17) is 4.74 Å². The zero-order valence-electron chi connectivity index (χ0n) is 15.7.